The summed E-state index contributed by atoms with van der Waals surface area (Å²) in [7, 11) is 0. The minimum atomic E-state index is -0.509. The normalized spacial score (nSPS) is 10.3. The smallest absolute Gasteiger partial charge is 0.287 e. The second-order valence-corrected chi connectivity index (χ2v) is 5.94. The number of hydrogen-bond acceptors (Lipinski definition) is 7. The first kappa shape index (κ1) is 17.3. The molecule has 0 spiro atoms. The average Bonchev–Trinajstić information content (AvgIpc) is 2.67. The summed E-state index contributed by atoms with van der Waals surface area (Å²) in [4.78, 5) is 33.1. The molecule has 0 aliphatic rings. The number of pyridine rings is 1. The predicted octanol–water partition coefficient (Wildman–Crippen LogP) is 3.00. The fraction of sp³-hybridized carbons (Fsp3) is 0.0588. The number of nitrogens with one attached hydrogen (secondary N) is 1. The van der Waals surface area contributed by atoms with E-state index in [0.717, 1.165) is 5.56 Å². The van der Waals surface area contributed by atoms with E-state index < -0.39 is 10.5 Å². The molecule has 0 aliphatic heterocycles. The van der Waals surface area contributed by atoms with Crippen LogP contribution in [0.1, 0.15) is 5.56 Å². The molecule has 0 saturated heterocycles. The first-order valence-corrected chi connectivity index (χ1v) is 8.55. The van der Waals surface area contributed by atoms with Gasteiger partial charge in [-0.3, -0.25) is 14.9 Å². The van der Waals surface area contributed by atoms with Crippen LogP contribution in [0.5, 0.6) is 0 Å². The van der Waals surface area contributed by atoms with Gasteiger partial charge in [0.2, 0.25) is 0 Å². The number of benzene rings is 1. The van der Waals surface area contributed by atoms with E-state index in [4.69, 9.17) is 0 Å². The molecule has 2 aromatic heterocycles. The quantitative estimate of drug-likeness (QED) is 0.326. The Morgan fingerprint density at radius 1 is 1.19 bits per heavy atom. The summed E-state index contributed by atoms with van der Waals surface area (Å²) in [6, 6.07) is 11.8. The molecule has 3 aromatic rings. The number of rotatable bonds is 4. The zero-order valence-corrected chi connectivity index (χ0v) is 14.3. The molecule has 9 heteroatoms. The van der Waals surface area contributed by atoms with E-state index in [-0.39, 0.29) is 11.3 Å². The summed E-state index contributed by atoms with van der Waals surface area (Å²) in [5, 5.41) is 20.4. The van der Waals surface area contributed by atoms with Crippen molar-refractivity contribution in [3.8, 4) is 28.6 Å². The van der Waals surface area contributed by atoms with Crippen LogP contribution in [0.3, 0.4) is 0 Å². The third-order valence-electron chi connectivity index (χ3n) is 3.62. The first-order chi connectivity index (χ1) is 12.5. The number of nitro groups is 1. The third kappa shape index (κ3) is 3.31. The number of nitriles is 1. The van der Waals surface area contributed by atoms with E-state index in [1.165, 1.54) is 24.0 Å². The number of thioether (sulfide) groups is 1. The van der Waals surface area contributed by atoms with Crippen molar-refractivity contribution in [3.05, 3.63) is 68.6 Å². The van der Waals surface area contributed by atoms with Crippen molar-refractivity contribution >= 4 is 17.4 Å². The Morgan fingerprint density at radius 2 is 1.88 bits per heavy atom. The maximum atomic E-state index is 12.0. The minimum absolute atomic E-state index is 0.0518. The van der Waals surface area contributed by atoms with Crippen molar-refractivity contribution in [3.63, 3.8) is 0 Å². The van der Waals surface area contributed by atoms with Gasteiger partial charge in [-0.1, -0.05) is 36.0 Å². The lowest BCUT2D eigenvalue weighted by Crippen LogP contribution is -2.14. The highest BCUT2D eigenvalue weighted by Crippen LogP contribution is 2.25. The predicted molar refractivity (Wildman–Crippen MR) is 96.7 cm³/mol. The van der Waals surface area contributed by atoms with E-state index >= 15 is 0 Å². The molecule has 0 atom stereocenters. The topological polar surface area (TPSA) is 126 Å². The van der Waals surface area contributed by atoms with Crippen LogP contribution in [-0.2, 0) is 0 Å². The van der Waals surface area contributed by atoms with Crippen molar-refractivity contribution in [2.45, 2.75) is 5.16 Å². The summed E-state index contributed by atoms with van der Waals surface area (Å²) in [6.45, 7) is 0. The van der Waals surface area contributed by atoms with Crippen molar-refractivity contribution in [1.29, 1.82) is 5.26 Å². The van der Waals surface area contributed by atoms with Crippen LogP contribution < -0.4 is 5.56 Å². The second kappa shape index (κ2) is 7.16. The van der Waals surface area contributed by atoms with Crippen molar-refractivity contribution in [2.24, 2.45) is 0 Å². The number of aromatic nitrogens is 3. The van der Waals surface area contributed by atoms with Crippen molar-refractivity contribution in [2.75, 3.05) is 6.26 Å². The summed E-state index contributed by atoms with van der Waals surface area (Å²) in [5.74, 6) is 0. The molecule has 2 heterocycles. The Labute approximate surface area is 151 Å². The highest BCUT2D eigenvalue weighted by Gasteiger charge is 2.13. The molecule has 0 bridgehead atoms. The van der Waals surface area contributed by atoms with Gasteiger partial charge in [0.05, 0.1) is 16.3 Å². The summed E-state index contributed by atoms with van der Waals surface area (Å²) in [6.07, 6.45) is 2.97. The first-order valence-electron chi connectivity index (χ1n) is 7.33. The van der Waals surface area contributed by atoms with Gasteiger partial charge in [-0.05, 0) is 12.3 Å². The van der Waals surface area contributed by atoms with Gasteiger partial charge < -0.3 is 4.98 Å². The number of nitrogens with zero attached hydrogens (tertiary/aromatic N) is 4. The lowest BCUT2D eigenvalue weighted by Gasteiger charge is -2.06. The van der Waals surface area contributed by atoms with E-state index in [1.54, 1.807) is 36.6 Å². The molecule has 1 aromatic carbocycles. The summed E-state index contributed by atoms with van der Waals surface area (Å²) < 4.78 is 0. The van der Waals surface area contributed by atoms with Crippen LogP contribution in [0.2, 0.25) is 0 Å². The highest BCUT2D eigenvalue weighted by atomic mass is 32.2. The largest absolute Gasteiger partial charge is 0.300 e. The van der Waals surface area contributed by atoms with Gasteiger partial charge in [0.15, 0.2) is 5.16 Å². The van der Waals surface area contributed by atoms with E-state index in [9.17, 15) is 20.2 Å². The number of hydrogen-bond donors (Lipinski definition) is 1. The van der Waals surface area contributed by atoms with Gasteiger partial charge >= 0.3 is 0 Å². The van der Waals surface area contributed by atoms with Gasteiger partial charge in [-0.15, -0.1) is 0 Å². The van der Waals surface area contributed by atoms with E-state index in [0.29, 0.717) is 22.1 Å². The molecule has 26 heavy (non-hydrogen) atoms. The Kier molecular flexibility index (Phi) is 4.77. The summed E-state index contributed by atoms with van der Waals surface area (Å²) in [5.41, 5.74) is 1.63. The molecule has 0 saturated carbocycles. The second-order valence-electron chi connectivity index (χ2n) is 5.15. The maximum absolute atomic E-state index is 12.0. The zero-order valence-electron chi connectivity index (χ0n) is 13.5. The molecule has 128 valence electrons. The van der Waals surface area contributed by atoms with Crippen LogP contribution in [0.4, 0.5) is 5.69 Å². The number of H-pyrrole nitrogens is 1. The van der Waals surface area contributed by atoms with Crippen LogP contribution in [-0.4, -0.2) is 26.1 Å². The third-order valence-corrected chi connectivity index (χ3v) is 4.20. The van der Waals surface area contributed by atoms with Gasteiger partial charge in [-0.2, -0.15) is 5.26 Å². The van der Waals surface area contributed by atoms with Crippen LogP contribution in [0.25, 0.3) is 22.5 Å². The monoisotopic (exact) mass is 365 g/mol. The maximum Gasteiger partial charge on any atom is 0.287 e. The summed E-state index contributed by atoms with van der Waals surface area (Å²) >= 11 is 1.27. The molecule has 0 aliphatic carbocycles. The molecule has 0 fully saturated rings. The van der Waals surface area contributed by atoms with Gasteiger partial charge in [-0.25, -0.2) is 9.97 Å². The molecule has 1 N–H and O–H groups in total. The number of aromatic amines is 1. The van der Waals surface area contributed by atoms with Crippen LogP contribution in [0, 0.1) is 21.4 Å². The molecular weight excluding hydrogens is 354 g/mol. The van der Waals surface area contributed by atoms with Crippen LogP contribution >= 0.6 is 11.8 Å². The van der Waals surface area contributed by atoms with Crippen molar-refractivity contribution < 1.29 is 4.92 Å². The Morgan fingerprint density at radius 3 is 2.42 bits per heavy atom. The molecule has 3 rings (SSSR count). The van der Waals surface area contributed by atoms with Gasteiger partial charge in [0.25, 0.3) is 11.2 Å². The minimum Gasteiger partial charge on any atom is -0.300 e. The van der Waals surface area contributed by atoms with Crippen LogP contribution in [0.15, 0.2) is 52.5 Å². The van der Waals surface area contributed by atoms with Crippen molar-refractivity contribution in [1.82, 2.24) is 15.0 Å². The molecule has 0 radical (unpaired) electrons. The lowest BCUT2D eigenvalue weighted by atomic mass is 10.0. The molecule has 8 nitrogen and oxygen atoms in total. The standard InChI is InChI=1S/C17H11N5O3S/c1-26-17-20-15(13(8-18)16(23)21-17)11-4-2-10(3-5-11)14-7-6-12(9-19-14)22(24)25/h2-7,9H,1H3,(H,20,21,23). The van der Waals surface area contributed by atoms with Gasteiger partial charge in [0, 0.05) is 17.2 Å². The lowest BCUT2D eigenvalue weighted by molar-refractivity contribution is -0.385. The Balaban J connectivity index is 2.00. The zero-order chi connectivity index (χ0) is 18.7. The van der Waals surface area contributed by atoms with Gasteiger partial charge in [0.1, 0.15) is 17.8 Å². The highest BCUT2D eigenvalue weighted by molar-refractivity contribution is 7.98. The van der Waals surface area contributed by atoms with E-state index in [1.807, 2.05) is 6.07 Å². The average molecular weight is 365 g/mol. The fourth-order valence-corrected chi connectivity index (χ4v) is 2.70. The van der Waals surface area contributed by atoms with E-state index in [2.05, 4.69) is 15.0 Å². The Hall–Kier alpha value is -3.51. The SMILES string of the molecule is CSc1nc(-c2ccc(-c3ccc([N+](=O)[O-])cn3)cc2)c(C#N)c(=O)[nH]1. The Bertz CT molecular complexity index is 1070. The molecule has 0 amide bonds. The molecular formula is C17H11N5O3S. The molecule has 0 unspecified atom stereocenters. The fourth-order valence-electron chi connectivity index (χ4n) is 2.33.